The fourth-order valence-electron chi connectivity index (χ4n) is 2.86. The molecule has 0 atom stereocenters. The average molecular weight is 617 g/mol. The summed E-state index contributed by atoms with van der Waals surface area (Å²) < 4.78 is 12.7. The first-order valence-electron chi connectivity index (χ1n) is 9.14. The van der Waals surface area contributed by atoms with Gasteiger partial charge in [-0.1, -0.05) is 46.9 Å². The Hall–Kier alpha value is -1.83. The summed E-state index contributed by atoms with van der Waals surface area (Å²) in [5.41, 5.74) is 2.44. The molecule has 0 aromatic heterocycles. The first-order valence-corrected chi connectivity index (χ1v) is 11.9. The average Bonchev–Trinajstić information content (AvgIpc) is 3.11. The highest BCUT2D eigenvalue weighted by atomic mass is 79.9. The van der Waals surface area contributed by atoms with Crippen LogP contribution in [0.5, 0.6) is 5.75 Å². The molecule has 4 rings (SSSR count). The van der Waals surface area contributed by atoms with Crippen LogP contribution in [0.4, 0.5) is 0 Å². The van der Waals surface area contributed by atoms with Gasteiger partial charge in [0.05, 0.1) is 19.0 Å². The van der Waals surface area contributed by atoms with E-state index in [1.807, 2.05) is 36.4 Å². The van der Waals surface area contributed by atoms with Gasteiger partial charge in [-0.2, -0.15) is 0 Å². The third-order valence-electron chi connectivity index (χ3n) is 4.41. The number of aliphatic imine (C=N–C) groups is 1. The molecule has 0 amide bonds. The maximum Gasteiger partial charge on any atom is 0.363 e. The topological polar surface area (TPSA) is 47.9 Å². The molecule has 1 aliphatic rings. The first kappa shape index (κ1) is 23.3. The van der Waals surface area contributed by atoms with E-state index in [0.29, 0.717) is 41.9 Å². The molecule has 0 saturated heterocycles. The van der Waals surface area contributed by atoms with Gasteiger partial charge in [0.1, 0.15) is 12.4 Å². The van der Waals surface area contributed by atoms with Gasteiger partial charge in [-0.25, -0.2) is 9.79 Å². The standard InChI is InChI=1S/C23H12Br2Cl3NO3/c24-16-7-13(8-17(25)21(16)31-11-12-1-4-15(26)5-2-12)9-20-23(30)32-22(29-20)14-3-6-18(27)19(28)10-14/h1-10H,11H2/b20-9-. The number of benzene rings is 3. The van der Waals surface area contributed by atoms with Gasteiger partial charge in [0.25, 0.3) is 0 Å². The van der Waals surface area contributed by atoms with Crippen LogP contribution in [0.15, 0.2) is 74.2 Å². The predicted molar refractivity (Wildman–Crippen MR) is 135 cm³/mol. The number of rotatable bonds is 5. The molecular formula is C23H12Br2Cl3NO3. The first-order chi connectivity index (χ1) is 15.3. The van der Waals surface area contributed by atoms with Crippen molar-refractivity contribution >= 4 is 84.6 Å². The van der Waals surface area contributed by atoms with E-state index in [1.165, 1.54) is 0 Å². The number of esters is 1. The SMILES string of the molecule is O=C1OC(c2ccc(Cl)c(Cl)c2)=N/C1=C\c1cc(Br)c(OCc2ccc(Cl)cc2)c(Br)c1. The van der Waals surface area contributed by atoms with Crippen LogP contribution in [0.25, 0.3) is 6.08 Å². The molecule has 0 aliphatic carbocycles. The highest BCUT2D eigenvalue weighted by Crippen LogP contribution is 2.36. The summed E-state index contributed by atoms with van der Waals surface area (Å²) in [5, 5.41) is 1.43. The summed E-state index contributed by atoms with van der Waals surface area (Å²) >= 11 is 25.0. The van der Waals surface area contributed by atoms with Crippen LogP contribution in [0.1, 0.15) is 16.7 Å². The van der Waals surface area contributed by atoms with Crippen molar-refractivity contribution in [3.63, 3.8) is 0 Å². The number of carbonyl (C=O) groups is 1. The third kappa shape index (κ3) is 5.38. The third-order valence-corrected chi connectivity index (χ3v) is 6.58. The Morgan fingerprint density at radius 3 is 2.28 bits per heavy atom. The summed E-state index contributed by atoms with van der Waals surface area (Å²) in [6, 6.07) is 16.0. The zero-order chi connectivity index (χ0) is 22.8. The molecule has 0 bridgehead atoms. The lowest BCUT2D eigenvalue weighted by molar-refractivity contribution is -0.129. The van der Waals surface area contributed by atoms with Crippen LogP contribution in [-0.2, 0) is 16.1 Å². The second kappa shape index (κ2) is 9.98. The molecule has 0 radical (unpaired) electrons. The van der Waals surface area contributed by atoms with Crippen LogP contribution >= 0.6 is 66.7 Å². The molecule has 1 heterocycles. The molecule has 1 aliphatic heterocycles. The Bertz CT molecular complexity index is 1250. The number of hydrogen-bond donors (Lipinski definition) is 0. The van der Waals surface area contributed by atoms with Gasteiger partial charge in [-0.05, 0) is 91.5 Å². The monoisotopic (exact) mass is 613 g/mol. The van der Waals surface area contributed by atoms with Gasteiger partial charge in [-0.3, -0.25) is 0 Å². The van der Waals surface area contributed by atoms with Crippen molar-refractivity contribution in [2.45, 2.75) is 6.61 Å². The maximum atomic E-state index is 12.3. The molecular weight excluding hydrogens is 604 g/mol. The summed E-state index contributed by atoms with van der Waals surface area (Å²) in [7, 11) is 0. The lowest BCUT2D eigenvalue weighted by Crippen LogP contribution is -2.05. The van der Waals surface area contributed by atoms with E-state index in [4.69, 9.17) is 44.3 Å². The summed E-state index contributed by atoms with van der Waals surface area (Å²) in [6.45, 7) is 0.373. The molecule has 0 saturated carbocycles. The predicted octanol–water partition coefficient (Wildman–Crippen LogP) is 8.10. The van der Waals surface area contributed by atoms with Crippen molar-refractivity contribution in [3.8, 4) is 5.75 Å². The Morgan fingerprint density at radius 2 is 1.62 bits per heavy atom. The quantitative estimate of drug-likeness (QED) is 0.215. The Morgan fingerprint density at radius 1 is 0.938 bits per heavy atom. The molecule has 0 N–H and O–H groups in total. The van der Waals surface area contributed by atoms with Crippen molar-refractivity contribution in [1.82, 2.24) is 0 Å². The van der Waals surface area contributed by atoms with E-state index in [0.717, 1.165) is 11.1 Å². The van der Waals surface area contributed by atoms with E-state index in [2.05, 4.69) is 36.9 Å². The zero-order valence-electron chi connectivity index (χ0n) is 16.0. The van der Waals surface area contributed by atoms with Gasteiger partial charge in [0.2, 0.25) is 5.90 Å². The largest absolute Gasteiger partial charge is 0.487 e. The number of cyclic esters (lactones) is 1. The van der Waals surface area contributed by atoms with E-state index >= 15 is 0 Å². The van der Waals surface area contributed by atoms with Crippen molar-refractivity contribution in [2.24, 2.45) is 4.99 Å². The highest BCUT2D eigenvalue weighted by molar-refractivity contribution is 9.11. The number of hydrogen-bond acceptors (Lipinski definition) is 4. The molecule has 4 nitrogen and oxygen atoms in total. The fourth-order valence-corrected chi connectivity index (χ4v) is 4.73. The highest BCUT2D eigenvalue weighted by Gasteiger charge is 2.25. The normalized spacial score (nSPS) is 14.5. The number of carbonyl (C=O) groups excluding carboxylic acids is 1. The van der Waals surface area contributed by atoms with Crippen LogP contribution < -0.4 is 4.74 Å². The molecule has 9 heteroatoms. The van der Waals surface area contributed by atoms with Crippen molar-refractivity contribution < 1.29 is 14.3 Å². The van der Waals surface area contributed by atoms with Crippen molar-refractivity contribution in [3.05, 3.63) is 101 Å². The van der Waals surface area contributed by atoms with E-state index in [-0.39, 0.29) is 11.6 Å². The van der Waals surface area contributed by atoms with E-state index in [1.54, 1.807) is 24.3 Å². The zero-order valence-corrected chi connectivity index (χ0v) is 21.5. The van der Waals surface area contributed by atoms with Crippen LogP contribution in [-0.4, -0.2) is 11.9 Å². The van der Waals surface area contributed by atoms with Crippen molar-refractivity contribution in [2.75, 3.05) is 0 Å². The van der Waals surface area contributed by atoms with Gasteiger partial charge >= 0.3 is 5.97 Å². The fraction of sp³-hybridized carbons (Fsp3) is 0.0435. The molecule has 32 heavy (non-hydrogen) atoms. The molecule has 162 valence electrons. The summed E-state index contributed by atoms with van der Waals surface area (Å²) in [5.74, 6) is 0.248. The molecule has 0 unspecified atom stereocenters. The number of nitrogens with zero attached hydrogens (tertiary/aromatic N) is 1. The number of ether oxygens (including phenoxy) is 2. The minimum atomic E-state index is -0.554. The van der Waals surface area contributed by atoms with Crippen LogP contribution in [0, 0.1) is 0 Å². The minimum absolute atomic E-state index is 0.166. The Balaban J connectivity index is 1.55. The summed E-state index contributed by atoms with van der Waals surface area (Å²) in [4.78, 5) is 16.6. The number of halogens is 5. The second-order valence-corrected chi connectivity index (χ2v) is 9.65. The van der Waals surface area contributed by atoms with Gasteiger partial charge in [0.15, 0.2) is 5.70 Å². The maximum absolute atomic E-state index is 12.3. The summed E-state index contributed by atoms with van der Waals surface area (Å²) in [6.07, 6.45) is 1.63. The van der Waals surface area contributed by atoms with Crippen molar-refractivity contribution in [1.29, 1.82) is 0 Å². The van der Waals surface area contributed by atoms with E-state index in [9.17, 15) is 4.79 Å². The van der Waals surface area contributed by atoms with E-state index < -0.39 is 5.97 Å². The van der Waals surface area contributed by atoms with Gasteiger partial charge < -0.3 is 9.47 Å². The molecule has 0 spiro atoms. The molecule has 0 fully saturated rings. The Labute approximate surface area is 216 Å². The van der Waals surface area contributed by atoms with Gasteiger partial charge in [0, 0.05) is 10.6 Å². The van der Waals surface area contributed by atoms with Crippen LogP contribution in [0.2, 0.25) is 15.1 Å². The van der Waals surface area contributed by atoms with Crippen LogP contribution in [0.3, 0.4) is 0 Å². The molecule has 3 aromatic carbocycles. The molecule has 3 aromatic rings. The lowest BCUT2D eigenvalue weighted by atomic mass is 10.2. The Kier molecular flexibility index (Phi) is 7.27. The lowest BCUT2D eigenvalue weighted by Gasteiger charge is -2.11. The smallest absolute Gasteiger partial charge is 0.363 e. The minimum Gasteiger partial charge on any atom is -0.487 e. The van der Waals surface area contributed by atoms with Gasteiger partial charge in [-0.15, -0.1) is 0 Å². The second-order valence-electron chi connectivity index (χ2n) is 6.69.